The van der Waals surface area contributed by atoms with Gasteiger partial charge >= 0.3 is 5.97 Å². The van der Waals surface area contributed by atoms with Crippen LogP contribution in [0.3, 0.4) is 0 Å². The molecule has 2 heterocycles. The number of aliphatic imine (C=N–C) groups is 1. The predicted octanol–water partition coefficient (Wildman–Crippen LogP) is 3.67. The second-order valence-electron chi connectivity index (χ2n) is 4.82. The van der Waals surface area contributed by atoms with Gasteiger partial charge in [0, 0.05) is 0 Å². The number of cyclic esters (lactones) is 1. The van der Waals surface area contributed by atoms with Gasteiger partial charge in [-0.2, -0.15) is 0 Å². The lowest BCUT2D eigenvalue weighted by Crippen LogP contribution is -2.03. The van der Waals surface area contributed by atoms with Gasteiger partial charge in [-0.05, 0) is 35.2 Å². The van der Waals surface area contributed by atoms with Crippen molar-refractivity contribution in [2.24, 2.45) is 4.99 Å². The van der Waals surface area contributed by atoms with Crippen molar-refractivity contribution in [3.8, 4) is 11.5 Å². The normalized spacial score (nSPS) is 15.1. The zero-order valence-electron chi connectivity index (χ0n) is 13.0. The van der Waals surface area contributed by atoms with Crippen LogP contribution in [-0.4, -0.2) is 25.6 Å². The first-order valence-corrected chi connectivity index (χ1v) is 8.07. The van der Waals surface area contributed by atoms with Crippen LogP contribution < -0.4 is 9.47 Å². The van der Waals surface area contributed by atoms with Gasteiger partial charge in [0.25, 0.3) is 0 Å². The van der Waals surface area contributed by atoms with Crippen molar-refractivity contribution in [1.29, 1.82) is 0 Å². The molecule has 1 aromatic heterocycles. The molecule has 0 N–H and O–H groups in total. The highest BCUT2D eigenvalue weighted by Crippen LogP contribution is 2.30. The molecule has 0 fully saturated rings. The molecule has 1 aliphatic heterocycles. The van der Waals surface area contributed by atoms with Crippen LogP contribution in [0.4, 0.5) is 0 Å². The molecule has 0 saturated heterocycles. The quantitative estimate of drug-likeness (QED) is 0.457. The first-order valence-electron chi connectivity index (χ1n) is 7.19. The number of benzene rings is 1. The van der Waals surface area contributed by atoms with Gasteiger partial charge in [-0.1, -0.05) is 24.8 Å². The molecule has 0 atom stereocenters. The van der Waals surface area contributed by atoms with Crippen LogP contribution in [0.1, 0.15) is 10.4 Å². The van der Waals surface area contributed by atoms with E-state index in [2.05, 4.69) is 11.6 Å². The second-order valence-corrected chi connectivity index (χ2v) is 5.77. The number of hydrogen-bond acceptors (Lipinski definition) is 6. The van der Waals surface area contributed by atoms with Crippen LogP contribution in [-0.2, 0) is 9.53 Å². The van der Waals surface area contributed by atoms with E-state index < -0.39 is 5.97 Å². The van der Waals surface area contributed by atoms with E-state index in [4.69, 9.17) is 14.2 Å². The Hall–Kier alpha value is -2.86. The number of thiophene rings is 1. The van der Waals surface area contributed by atoms with Gasteiger partial charge in [-0.25, -0.2) is 9.79 Å². The minimum atomic E-state index is -0.468. The highest BCUT2D eigenvalue weighted by atomic mass is 32.1. The summed E-state index contributed by atoms with van der Waals surface area (Å²) in [5.41, 5.74) is 1.01. The fourth-order valence-electron chi connectivity index (χ4n) is 2.11. The molecule has 1 aliphatic rings. The Labute approximate surface area is 143 Å². The van der Waals surface area contributed by atoms with Gasteiger partial charge in [0.2, 0.25) is 5.90 Å². The number of esters is 1. The van der Waals surface area contributed by atoms with Crippen molar-refractivity contribution in [2.75, 3.05) is 13.7 Å². The number of carbonyl (C=O) groups excluding carboxylic acids is 1. The molecule has 5 nitrogen and oxygen atoms in total. The van der Waals surface area contributed by atoms with Gasteiger partial charge < -0.3 is 14.2 Å². The maximum absolute atomic E-state index is 12.0. The van der Waals surface area contributed by atoms with Gasteiger partial charge in [-0.3, -0.25) is 0 Å². The molecule has 0 unspecified atom stereocenters. The highest BCUT2D eigenvalue weighted by molar-refractivity contribution is 7.12. The van der Waals surface area contributed by atoms with Crippen LogP contribution in [0.5, 0.6) is 11.5 Å². The third kappa shape index (κ3) is 3.38. The number of carbonyl (C=O) groups is 1. The van der Waals surface area contributed by atoms with Gasteiger partial charge in [0.05, 0.1) is 12.0 Å². The van der Waals surface area contributed by atoms with Crippen molar-refractivity contribution >= 4 is 29.3 Å². The van der Waals surface area contributed by atoms with Crippen LogP contribution in [0.15, 0.2) is 59.1 Å². The molecule has 2 aromatic rings. The van der Waals surface area contributed by atoms with Crippen LogP contribution in [0.2, 0.25) is 0 Å². The van der Waals surface area contributed by atoms with Crippen molar-refractivity contribution in [2.45, 2.75) is 0 Å². The maximum Gasteiger partial charge on any atom is 0.363 e. The summed E-state index contributed by atoms with van der Waals surface area (Å²) in [6.45, 7) is 4.00. The summed E-state index contributed by atoms with van der Waals surface area (Å²) in [4.78, 5) is 17.1. The lowest BCUT2D eigenvalue weighted by molar-refractivity contribution is -0.129. The molecule has 122 valence electrons. The minimum Gasteiger partial charge on any atom is -0.493 e. The summed E-state index contributed by atoms with van der Waals surface area (Å²) < 4.78 is 16.0. The third-order valence-corrected chi connectivity index (χ3v) is 4.06. The lowest BCUT2D eigenvalue weighted by Gasteiger charge is -2.09. The van der Waals surface area contributed by atoms with Gasteiger partial charge in [0.1, 0.15) is 6.61 Å². The number of methoxy groups -OCH3 is 1. The van der Waals surface area contributed by atoms with E-state index >= 15 is 0 Å². The summed E-state index contributed by atoms with van der Waals surface area (Å²) >= 11 is 1.47. The smallest absolute Gasteiger partial charge is 0.363 e. The Morgan fingerprint density at radius 1 is 1.33 bits per heavy atom. The standard InChI is InChI=1S/C18H15NO4S/c1-3-8-22-14-7-6-12(11-15(14)21-2)10-13-18(20)23-17(19-13)16-5-4-9-24-16/h3-7,9-11H,1,8H2,2H3/b13-10-. The van der Waals surface area contributed by atoms with Crippen molar-refractivity contribution in [3.05, 3.63) is 64.5 Å². The predicted molar refractivity (Wildman–Crippen MR) is 93.6 cm³/mol. The van der Waals surface area contributed by atoms with Crippen LogP contribution in [0.25, 0.3) is 6.08 Å². The van der Waals surface area contributed by atoms with Crippen molar-refractivity contribution in [3.63, 3.8) is 0 Å². The second kappa shape index (κ2) is 7.14. The first-order chi connectivity index (χ1) is 11.7. The Morgan fingerprint density at radius 3 is 2.92 bits per heavy atom. The average molecular weight is 341 g/mol. The summed E-state index contributed by atoms with van der Waals surface area (Å²) in [6, 6.07) is 9.11. The molecule has 24 heavy (non-hydrogen) atoms. The highest BCUT2D eigenvalue weighted by Gasteiger charge is 2.24. The summed E-state index contributed by atoms with van der Waals surface area (Å²) in [7, 11) is 1.56. The summed E-state index contributed by atoms with van der Waals surface area (Å²) in [6.07, 6.45) is 3.31. The molecular formula is C18H15NO4S. The zero-order chi connectivity index (χ0) is 16.9. The fourth-order valence-corrected chi connectivity index (χ4v) is 2.76. The first kappa shape index (κ1) is 16.0. The molecule has 0 spiro atoms. The lowest BCUT2D eigenvalue weighted by atomic mass is 10.1. The van der Waals surface area contributed by atoms with Gasteiger partial charge in [-0.15, -0.1) is 11.3 Å². The van der Waals surface area contributed by atoms with E-state index in [1.54, 1.807) is 31.4 Å². The van der Waals surface area contributed by atoms with E-state index in [1.165, 1.54) is 11.3 Å². The topological polar surface area (TPSA) is 57.1 Å². The fraction of sp³-hybridized carbons (Fsp3) is 0.111. The summed E-state index contributed by atoms with van der Waals surface area (Å²) in [5.74, 6) is 1.04. The summed E-state index contributed by atoms with van der Waals surface area (Å²) in [5, 5.41) is 1.90. The van der Waals surface area contributed by atoms with E-state index in [9.17, 15) is 4.79 Å². The molecule has 0 aliphatic carbocycles. The van der Waals surface area contributed by atoms with E-state index in [1.807, 2.05) is 23.6 Å². The van der Waals surface area contributed by atoms with Crippen molar-refractivity contribution < 1.29 is 19.0 Å². The molecule has 0 radical (unpaired) electrons. The molecule has 0 saturated carbocycles. The number of nitrogens with zero attached hydrogens (tertiary/aromatic N) is 1. The van der Waals surface area contributed by atoms with E-state index in [0.29, 0.717) is 24.0 Å². The monoisotopic (exact) mass is 341 g/mol. The number of hydrogen-bond donors (Lipinski definition) is 0. The molecular weight excluding hydrogens is 326 g/mol. The van der Waals surface area contributed by atoms with Crippen LogP contribution in [0, 0.1) is 0 Å². The van der Waals surface area contributed by atoms with Crippen molar-refractivity contribution in [1.82, 2.24) is 0 Å². The van der Waals surface area contributed by atoms with E-state index in [-0.39, 0.29) is 5.70 Å². The molecule has 0 amide bonds. The molecule has 0 bridgehead atoms. The Kier molecular flexibility index (Phi) is 4.77. The van der Waals surface area contributed by atoms with E-state index in [0.717, 1.165) is 10.4 Å². The molecule has 6 heteroatoms. The molecule has 3 rings (SSSR count). The van der Waals surface area contributed by atoms with Crippen LogP contribution >= 0.6 is 11.3 Å². The third-order valence-electron chi connectivity index (χ3n) is 3.20. The SMILES string of the molecule is C=CCOc1ccc(/C=C2\N=C(c3cccs3)OC2=O)cc1OC. The Balaban J connectivity index is 1.88. The largest absolute Gasteiger partial charge is 0.493 e. The van der Waals surface area contributed by atoms with Gasteiger partial charge in [0.15, 0.2) is 17.2 Å². The number of rotatable bonds is 6. The maximum atomic E-state index is 12.0. The molecule has 1 aromatic carbocycles. The minimum absolute atomic E-state index is 0.250. The average Bonchev–Trinajstić information content (AvgIpc) is 3.24. The Morgan fingerprint density at radius 2 is 2.21 bits per heavy atom. The Bertz CT molecular complexity index is 822. The number of ether oxygens (including phenoxy) is 3. The zero-order valence-corrected chi connectivity index (χ0v) is 13.8.